The monoisotopic (exact) mass is 353 g/mol. The highest BCUT2D eigenvalue weighted by Gasteiger charge is 2.30. The molecule has 1 amide bonds. The van der Waals surface area contributed by atoms with Crippen LogP contribution in [0.1, 0.15) is 32.8 Å². The summed E-state index contributed by atoms with van der Waals surface area (Å²) in [7, 11) is 0. The standard InChI is InChI=1S/C17H23NO7/c1-17(2,3)25-16(24)18-13(15(22)23)9-11(14(20)21)8-10-4-6-12(19)7-5-10/h4-7,11,13,19H,8-9H2,1-3H3,(H,18,24)(H,20,21)(H,22,23)/t11-,13-/m0/s1. The van der Waals surface area contributed by atoms with Crippen molar-refractivity contribution >= 4 is 18.0 Å². The Morgan fingerprint density at radius 3 is 2.08 bits per heavy atom. The quantitative estimate of drug-likeness (QED) is 0.589. The van der Waals surface area contributed by atoms with Crippen LogP contribution in [0.3, 0.4) is 0 Å². The second kappa shape index (κ2) is 8.36. The van der Waals surface area contributed by atoms with Gasteiger partial charge in [-0.25, -0.2) is 9.59 Å². The third-order valence-corrected chi connectivity index (χ3v) is 3.28. The molecular formula is C17H23NO7. The number of phenols is 1. The molecule has 0 saturated heterocycles. The highest BCUT2D eigenvalue weighted by molar-refractivity contribution is 5.81. The Labute approximate surface area is 145 Å². The summed E-state index contributed by atoms with van der Waals surface area (Å²) in [6, 6.07) is 4.56. The second-order valence-corrected chi connectivity index (χ2v) is 6.68. The van der Waals surface area contributed by atoms with Crippen LogP contribution in [-0.2, 0) is 20.7 Å². The van der Waals surface area contributed by atoms with Gasteiger partial charge in [0, 0.05) is 0 Å². The van der Waals surface area contributed by atoms with Gasteiger partial charge in [-0.2, -0.15) is 0 Å². The Kier molecular flexibility index (Phi) is 6.78. The molecule has 8 nitrogen and oxygen atoms in total. The highest BCUT2D eigenvalue weighted by atomic mass is 16.6. The van der Waals surface area contributed by atoms with Gasteiger partial charge in [0.05, 0.1) is 5.92 Å². The number of benzene rings is 1. The van der Waals surface area contributed by atoms with Crippen LogP contribution in [0.25, 0.3) is 0 Å². The zero-order chi connectivity index (χ0) is 19.2. The summed E-state index contributed by atoms with van der Waals surface area (Å²) in [6.45, 7) is 4.90. The number of aromatic hydroxyl groups is 1. The molecule has 1 aromatic rings. The molecule has 1 rings (SSSR count). The summed E-state index contributed by atoms with van der Waals surface area (Å²) >= 11 is 0. The van der Waals surface area contributed by atoms with Crippen molar-refractivity contribution in [3.05, 3.63) is 29.8 Å². The lowest BCUT2D eigenvalue weighted by Crippen LogP contribution is -2.45. The van der Waals surface area contributed by atoms with E-state index in [2.05, 4.69) is 5.32 Å². The zero-order valence-electron chi connectivity index (χ0n) is 14.4. The van der Waals surface area contributed by atoms with Gasteiger partial charge in [-0.05, 0) is 51.3 Å². The minimum atomic E-state index is -1.40. The number of hydrogen-bond acceptors (Lipinski definition) is 5. The maximum Gasteiger partial charge on any atom is 0.408 e. The van der Waals surface area contributed by atoms with Crippen LogP contribution in [0.2, 0.25) is 0 Å². The molecule has 0 radical (unpaired) electrons. The van der Waals surface area contributed by atoms with Gasteiger partial charge < -0.3 is 25.4 Å². The van der Waals surface area contributed by atoms with E-state index in [9.17, 15) is 29.7 Å². The molecule has 0 fully saturated rings. The van der Waals surface area contributed by atoms with Crippen molar-refractivity contribution in [3.8, 4) is 5.75 Å². The summed E-state index contributed by atoms with van der Waals surface area (Å²) in [5.74, 6) is -3.50. The van der Waals surface area contributed by atoms with Crippen LogP contribution < -0.4 is 5.32 Å². The molecule has 0 aromatic heterocycles. The molecule has 0 aliphatic heterocycles. The van der Waals surface area contributed by atoms with Crippen LogP contribution in [0.15, 0.2) is 24.3 Å². The molecular weight excluding hydrogens is 330 g/mol. The number of amides is 1. The lowest BCUT2D eigenvalue weighted by atomic mass is 9.92. The molecule has 0 aliphatic rings. The number of ether oxygens (including phenoxy) is 1. The number of carboxylic acid groups (broad SMARTS) is 2. The third-order valence-electron chi connectivity index (χ3n) is 3.28. The number of nitrogens with one attached hydrogen (secondary N) is 1. The Hall–Kier alpha value is -2.77. The number of carboxylic acids is 2. The van der Waals surface area contributed by atoms with E-state index in [0.29, 0.717) is 5.56 Å². The molecule has 0 unspecified atom stereocenters. The van der Waals surface area contributed by atoms with Crippen molar-refractivity contribution in [2.24, 2.45) is 5.92 Å². The van der Waals surface area contributed by atoms with Crippen LogP contribution in [0.5, 0.6) is 5.75 Å². The number of rotatable bonds is 7. The molecule has 25 heavy (non-hydrogen) atoms. The van der Waals surface area contributed by atoms with E-state index in [1.165, 1.54) is 12.1 Å². The van der Waals surface area contributed by atoms with Gasteiger partial charge >= 0.3 is 18.0 Å². The topological polar surface area (TPSA) is 133 Å². The van der Waals surface area contributed by atoms with E-state index in [-0.39, 0.29) is 18.6 Å². The molecule has 0 bridgehead atoms. The predicted molar refractivity (Wildman–Crippen MR) is 88.3 cm³/mol. The average molecular weight is 353 g/mol. The summed E-state index contributed by atoms with van der Waals surface area (Å²) in [6.07, 6.45) is -1.16. The Morgan fingerprint density at radius 1 is 1.08 bits per heavy atom. The first-order valence-corrected chi connectivity index (χ1v) is 7.71. The lowest BCUT2D eigenvalue weighted by molar-refractivity contribution is -0.144. The fourth-order valence-electron chi connectivity index (χ4n) is 2.14. The van der Waals surface area contributed by atoms with Crippen molar-refractivity contribution in [1.29, 1.82) is 0 Å². The van der Waals surface area contributed by atoms with Gasteiger partial charge in [0.1, 0.15) is 17.4 Å². The van der Waals surface area contributed by atoms with E-state index < -0.39 is 35.6 Å². The van der Waals surface area contributed by atoms with Crippen molar-refractivity contribution in [2.45, 2.75) is 45.3 Å². The van der Waals surface area contributed by atoms with Crippen molar-refractivity contribution in [3.63, 3.8) is 0 Å². The zero-order valence-corrected chi connectivity index (χ0v) is 14.4. The number of carbonyl (C=O) groups excluding carboxylic acids is 1. The van der Waals surface area contributed by atoms with E-state index in [4.69, 9.17) is 4.74 Å². The maximum atomic E-state index is 11.7. The van der Waals surface area contributed by atoms with Crippen LogP contribution in [0, 0.1) is 5.92 Å². The molecule has 1 aromatic carbocycles. The normalized spacial score (nSPS) is 13.6. The molecule has 0 spiro atoms. The fraction of sp³-hybridized carbons (Fsp3) is 0.471. The number of hydrogen-bond donors (Lipinski definition) is 4. The van der Waals surface area contributed by atoms with Crippen molar-refractivity contribution < 1.29 is 34.4 Å². The Bertz CT molecular complexity index is 619. The summed E-state index contributed by atoms with van der Waals surface area (Å²) < 4.78 is 5.00. The number of phenolic OH excluding ortho intramolecular Hbond substituents is 1. The van der Waals surface area contributed by atoms with Crippen molar-refractivity contribution in [1.82, 2.24) is 5.32 Å². The molecule has 4 N–H and O–H groups in total. The number of carbonyl (C=O) groups is 3. The smallest absolute Gasteiger partial charge is 0.408 e. The van der Waals surface area contributed by atoms with Gasteiger partial charge in [0.2, 0.25) is 0 Å². The molecule has 138 valence electrons. The lowest BCUT2D eigenvalue weighted by Gasteiger charge is -2.23. The second-order valence-electron chi connectivity index (χ2n) is 6.68. The van der Waals surface area contributed by atoms with Gasteiger partial charge in [-0.15, -0.1) is 0 Å². The van der Waals surface area contributed by atoms with Gasteiger partial charge in [0.15, 0.2) is 0 Å². The van der Waals surface area contributed by atoms with Gasteiger partial charge in [0.25, 0.3) is 0 Å². The molecule has 0 saturated carbocycles. The summed E-state index contributed by atoms with van der Waals surface area (Å²) in [4.78, 5) is 34.6. The molecule has 2 atom stereocenters. The SMILES string of the molecule is CC(C)(C)OC(=O)N[C@@H](C[C@H](Cc1ccc(O)cc1)C(=O)O)C(=O)O. The van der Waals surface area contributed by atoms with E-state index in [1.807, 2.05) is 0 Å². The fourth-order valence-corrected chi connectivity index (χ4v) is 2.14. The molecule has 8 heteroatoms. The van der Waals surface area contributed by atoms with E-state index in [0.717, 1.165) is 0 Å². The maximum absolute atomic E-state index is 11.7. The number of alkyl carbamates (subject to hydrolysis) is 1. The van der Waals surface area contributed by atoms with Crippen molar-refractivity contribution in [2.75, 3.05) is 0 Å². The van der Waals surface area contributed by atoms with Gasteiger partial charge in [-0.1, -0.05) is 12.1 Å². The van der Waals surface area contributed by atoms with Crippen LogP contribution >= 0.6 is 0 Å². The average Bonchev–Trinajstić information content (AvgIpc) is 2.45. The Balaban J connectivity index is 2.80. The van der Waals surface area contributed by atoms with Crippen LogP contribution in [0.4, 0.5) is 4.79 Å². The first-order valence-electron chi connectivity index (χ1n) is 7.71. The summed E-state index contributed by atoms with van der Waals surface area (Å²) in [5, 5.41) is 30.1. The Morgan fingerprint density at radius 2 is 1.64 bits per heavy atom. The molecule has 0 aliphatic carbocycles. The third kappa shape index (κ3) is 7.56. The first-order chi connectivity index (χ1) is 11.5. The molecule has 0 heterocycles. The largest absolute Gasteiger partial charge is 0.508 e. The minimum absolute atomic E-state index is 0.0469. The number of aliphatic carboxylic acids is 2. The van der Waals surface area contributed by atoms with Gasteiger partial charge in [-0.3, -0.25) is 4.79 Å². The van der Waals surface area contributed by atoms with E-state index >= 15 is 0 Å². The minimum Gasteiger partial charge on any atom is -0.508 e. The first kappa shape index (κ1) is 20.3. The summed E-state index contributed by atoms with van der Waals surface area (Å²) in [5.41, 5.74) is -0.169. The predicted octanol–water partition coefficient (Wildman–Crippen LogP) is 2.00. The van der Waals surface area contributed by atoms with Crippen LogP contribution in [-0.4, -0.2) is 45.0 Å². The highest BCUT2D eigenvalue weighted by Crippen LogP contribution is 2.18. The van der Waals surface area contributed by atoms with E-state index in [1.54, 1.807) is 32.9 Å².